The highest BCUT2D eigenvalue weighted by atomic mass is 16.5. The van der Waals surface area contributed by atoms with Gasteiger partial charge in [-0.25, -0.2) is 0 Å². The average molecular weight is 380 g/mol. The van der Waals surface area contributed by atoms with Crippen LogP contribution in [0.1, 0.15) is 30.4 Å². The van der Waals surface area contributed by atoms with Crippen LogP contribution in [0.3, 0.4) is 0 Å². The molecule has 0 atom stereocenters. The Balaban J connectivity index is 1.40. The van der Waals surface area contributed by atoms with Crippen molar-refractivity contribution in [3.05, 3.63) is 59.7 Å². The molecule has 0 bridgehead atoms. The normalized spacial score (nSPS) is 14.6. The third-order valence-corrected chi connectivity index (χ3v) is 5.04. The van der Waals surface area contributed by atoms with E-state index in [2.05, 4.69) is 11.4 Å². The molecule has 1 N–H and O–H groups in total. The SMILES string of the molecule is Cc1cc(C)cc(OCCC(=O)N2CCC(C(=O)Nc3ccccc3)CC2)c1. The van der Waals surface area contributed by atoms with Crippen LogP contribution in [0.25, 0.3) is 0 Å². The number of carbonyl (C=O) groups excluding carboxylic acids is 2. The molecule has 2 aromatic carbocycles. The predicted octanol–water partition coefficient (Wildman–Crippen LogP) is 3.95. The molecule has 0 aliphatic carbocycles. The Hall–Kier alpha value is -2.82. The number of para-hydroxylation sites is 1. The summed E-state index contributed by atoms with van der Waals surface area (Å²) in [6.07, 6.45) is 1.75. The molecule has 0 unspecified atom stereocenters. The number of aryl methyl sites for hydroxylation is 2. The van der Waals surface area contributed by atoms with E-state index in [1.807, 2.05) is 61.2 Å². The van der Waals surface area contributed by atoms with Crippen LogP contribution in [0.4, 0.5) is 5.69 Å². The van der Waals surface area contributed by atoms with Gasteiger partial charge in [-0.15, -0.1) is 0 Å². The summed E-state index contributed by atoms with van der Waals surface area (Å²) < 4.78 is 5.74. The Labute approximate surface area is 166 Å². The second kappa shape index (κ2) is 9.40. The summed E-state index contributed by atoms with van der Waals surface area (Å²) in [6.45, 7) is 5.67. The molecule has 0 saturated carbocycles. The van der Waals surface area contributed by atoms with Gasteiger partial charge in [0, 0.05) is 24.7 Å². The van der Waals surface area contributed by atoms with Crippen LogP contribution in [0.15, 0.2) is 48.5 Å². The molecule has 148 valence electrons. The van der Waals surface area contributed by atoms with E-state index in [9.17, 15) is 9.59 Å². The minimum Gasteiger partial charge on any atom is -0.493 e. The smallest absolute Gasteiger partial charge is 0.227 e. The summed E-state index contributed by atoms with van der Waals surface area (Å²) in [5.74, 6) is 0.889. The third kappa shape index (κ3) is 5.59. The first-order valence-corrected chi connectivity index (χ1v) is 9.86. The molecule has 2 aromatic rings. The van der Waals surface area contributed by atoms with Gasteiger partial charge in [-0.05, 0) is 62.1 Å². The van der Waals surface area contributed by atoms with Gasteiger partial charge in [0.25, 0.3) is 0 Å². The van der Waals surface area contributed by atoms with Crippen LogP contribution in [-0.4, -0.2) is 36.4 Å². The highest BCUT2D eigenvalue weighted by molar-refractivity contribution is 5.92. The topological polar surface area (TPSA) is 58.6 Å². The van der Waals surface area contributed by atoms with Crippen molar-refractivity contribution >= 4 is 17.5 Å². The van der Waals surface area contributed by atoms with Crippen molar-refractivity contribution in [1.82, 2.24) is 4.90 Å². The zero-order valence-electron chi connectivity index (χ0n) is 16.6. The van der Waals surface area contributed by atoms with E-state index in [1.54, 1.807) is 0 Å². The van der Waals surface area contributed by atoms with E-state index >= 15 is 0 Å². The molecule has 0 spiro atoms. The average Bonchev–Trinajstić information content (AvgIpc) is 2.68. The van der Waals surface area contributed by atoms with Gasteiger partial charge >= 0.3 is 0 Å². The van der Waals surface area contributed by atoms with Crippen molar-refractivity contribution in [1.29, 1.82) is 0 Å². The van der Waals surface area contributed by atoms with Gasteiger partial charge < -0.3 is 15.0 Å². The van der Waals surface area contributed by atoms with Gasteiger partial charge in [0.05, 0.1) is 13.0 Å². The zero-order chi connectivity index (χ0) is 19.9. The quantitative estimate of drug-likeness (QED) is 0.825. The van der Waals surface area contributed by atoms with Crippen LogP contribution < -0.4 is 10.1 Å². The number of carbonyl (C=O) groups is 2. The molecule has 1 aliphatic rings. The fourth-order valence-corrected chi connectivity index (χ4v) is 3.59. The fraction of sp³-hybridized carbons (Fsp3) is 0.391. The van der Waals surface area contributed by atoms with Crippen molar-refractivity contribution < 1.29 is 14.3 Å². The number of piperidine rings is 1. The van der Waals surface area contributed by atoms with Gasteiger partial charge in [-0.2, -0.15) is 0 Å². The van der Waals surface area contributed by atoms with Crippen molar-refractivity contribution in [3.63, 3.8) is 0 Å². The van der Waals surface area contributed by atoms with Gasteiger partial charge in [0.1, 0.15) is 5.75 Å². The highest BCUT2D eigenvalue weighted by Crippen LogP contribution is 2.21. The van der Waals surface area contributed by atoms with E-state index in [-0.39, 0.29) is 17.7 Å². The molecule has 5 heteroatoms. The number of benzene rings is 2. The molecule has 5 nitrogen and oxygen atoms in total. The molecule has 1 aliphatic heterocycles. The lowest BCUT2D eigenvalue weighted by Crippen LogP contribution is -2.41. The standard InChI is InChI=1S/C23H28N2O3/c1-17-14-18(2)16-21(15-17)28-13-10-22(26)25-11-8-19(9-12-25)23(27)24-20-6-4-3-5-7-20/h3-7,14-16,19H,8-13H2,1-2H3,(H,24,27). The van der Waals surface area contributed by atoms with Gasteiger partial charge in [-0.1, -0.05) is 24.3 Å². The van der Waals surface area contributed by atoms with Crippen LogP contribution in [0, 0.1) is 19.8 Å². The Morgan fingerprint density at radius 1 is 1.04 bits per heavy atom. The summed E-state index contributed by atoms with van der Waals surface area (Å²) in [7, 11) is 0. The number of likely N-dealkylation sites (tertiary alicyclic amines) is 1. The molecular formula is C23H28N2O3. The number of rotatable bonds is 6. The molecule has 28 heavy (non-hydrogen) atoms. The number of nitrogens with one attached hydrogen (secondary N) is 1. The number of amides is 2. The Bertz CT molecular complexity index is 792. The second-order valence-corrected chi connectivity index (χ2v) is 7.43. The monoisotopic (exact) mass is 380 g/mol. The highest BCUT2D eigenvalue weighted by Gasteiger charge is 2.27. The lowest BCUT2D eigenvalue weighted by Gasteiger charge is -2.31. The Morgan fingerprint density at radius 3 is 2.32 bits per heavy atom. The minimum absolute atomic E-state index is 0.0384. The molecule has 3 rings (SSSR count). The lowest BCUT2D eigenvalue weighted by molar-refractivity contribution is -0.135. The number of anilines is 1. The summed E-state index contributed by atoms with van der Waals surface area (Å²) in [5.41, 5.74) is 3.11. The number of hydrogen-bond acceptors (Lipinski definition) is 3. The largest absolute Gasteiger partial charge is 0.493 e. The van der Waals surface area contributed by atoms with Crippen molar-refractivity contribution in [2.75, 3.05) is 25.0 Å². The van der Waals surface area contributed by atoms with E-state index in [4.69, 9.17) is 4.74 Å². The third-order valence-electron chi connectivity index (χ3n) is 5.04. The van der Waals surface area contributed by atoms with Crippen LogP contribution in [0.5, 0.6) is 5.75 Å². The molecular weight excluding hydrogens is 352 g/mol. The number of nitrogens with zero attached hydrogens (tertiary/aromatic N) is 1. The van der Waals surface area contributed by atoms with E-state index in [0.717, 1.165) is 22.6 Å². The first-order chi connectivity index (χ1) is 13.5. The molecule has 0 aromatic heterocycles. The van der Waals surface area contributed by atoms with Crippen molar-refractivity contribution in [3.8, 4) is 5.75 Å². The second-order valence-electron chi connectivity index (χ2n) is 7.43. The van der Waals surface area contributed by atoms with E-state index < -0.39 is 0 Å². The number of ether oxygens (including phenoxy) is 1. The maximum Gasteiger partial charge on any atom is 0.227 e. The summed E-state index contributed by atoms with van der Waals surface area (Å²) in [6, 6.07) is 15.5. The fourth-order valence-electron chi connectivity index (χ4n) is 3.59. The molecule has 1 heterocycles. The number of hydrogen-bond donors (Lipinski definition) is 1. The molecule has 0 radical (unpaired) electrons. The van der Waals surface area contributed by atoms with E-state index in [0.29, 0.717) is 39.0 Å². The maximum absolute atomic E-state index is 12.4. The molecule has 2 amide bonds. The lowest BCUT2D eigenvalue weighted by atomic mass is 9.95. The van der Waals surface area contributed by atoms with Gasteiger partial charge in [0.15, 0.2) is 0 Å². The first-order valence-electron chi connectivity index (χ1n) is 9.86. The van der Waals surface area contributed by atoms with Gasteiger partial charge in [-0.3, -0.25) is 9.59 Å². The minimum atomic E-state index is -0.0456. The zero-order valence-corrected chi connectivity index (χ0v) is 16.6. The Morgan fingerprint density at radius 2 is 1.68 bits per heavy atom. The van der Waals surface area contributed by atoms with Crippen molar-refractivity contribution in [2.24, 2.45) is 5.92 Å². The summed E-state index contributed by atoms with van der Waals surface area (Å²) >= 11 is 0. The van der Waals surface area contributed by atoms with Crippen LogP contribution in [0.2, 0.25) is 0 Å². The van der Waals surface area contributed by atoms with Gasteiger partial charge in [0.2, 0.25) is 11.8 Å². The van der Waals surface area contributed by atoms with E-state index in [1.165, 1.54) is 0 Å². The Kier molecular flexibility index (Phi) is 6.69. The molecule has 1 saturated heterocycles. The van der Waals surface area contributed by atoms with Crippen LogP contribution in [-0.2, 0) is 9.59 Å². The first kappa shape index (κ1) is 19.9. The summed E-state index contributed by atoms with van der Waals surface area (Å²) in [5, 5.41) is 2.95. The molecule has 1 fully saturated rings. The predicted molar refractivity (Wildman–Crippen MR) is 110 cm³/mol. The summed E-state index contributed by atoms with van der Waals surface area (Å²) in [4.78, 5) is 26.7. The maximum atomic E-state index is 12.4. The van der Waals surface area contributed by atoms with Crippen molar-refractivity contribution in [2.45, 2.75) is 33.1 Å². The van der Waals surface area contributed by atoms with Crippen LogP contribution >= 0.6 is 0 Å².